The Morgan fingerprint density at radius 2 is 1.89 bits per heavy atom. The van der Waals surface area contributed by atoms with Crippen LogP contribution in [-0.4, -0.2) is 58.5 Å². The first-order chi connectivity index (χ1) is 13.2. The largest absolute Gasteiger partial charge is 0.349 e. The van der Waals surface area contributed by atoms with Crippen molar-refractivity contribution in [1.82, 2.24) is 24.7 Å². The van der Waals surface area contributed by atoms with Crippen LogP contribution in [0.2, 0.25) is 0 Å². The van der Waals surface area contributed by atoms with Crippen molar-refractivity contribution in [2.75, 3.05) is 33.2 Å². The van der Waals surface area contributed by atoms with Gasteiger partial charge in [0.15, 0.2) is 5.96 Å². The number of guanidine groups is 1. The summed E-state index contributed by atoms with van der Waals surface area (Å²) in [4.78, 5) is 13.8. The number of nitrogens with one attached hydrogen (secondary N) is 1. The van der Waals surface area contributed by atoms with Crippen molar-refractivity contribution in [3.05, 3.63) is 54.1 Å². The van der Waals surface area contributed by atoms with Gasteiger partial charge < -0.3 is 14.8 Å². The summed E-state index contributed by atoms with van der Waals surface area (Å²) in [6, 6.07) is 10.7. The second-order valence-corrected chi connectivity index (χ2v) is 7.54. The number of hydrogen-bond acceptors (Lipinski definition) is 3. The van der Waals surface area contributed by atoms with Crippen LogP contribution >= 0.6 is 0 Å². The highest BCUT2D eigenvalue weighted by molar-refractivity contribution is 5.79. The first-order valence-corrected chi connectivity index (χ1v) is 9.87. The minimum absolute atomic E-state index is 0.606. The Labute approximate surface area is 162 Å². The van der Waals surface area contributed by atoms with E-state index < -0.39 is 0 Å². The summed E-state index contributed by atoms with van der Waals surface area (Å²) in [6.45, 7) is 11.3. The van der Waals surface area contributed by atoms with Crippen LogP contribution in [0.4, 0.5) is 0 Å². The molecule has 1 N–H and O–H groups in total. The van der Waals surface area contributed by atoms with E-state index in [1.165, 1.54) is 5.56 Å². The van der Waals surface area contributed by atoms with Gasteiger partial charge in [0.25, 0.3) is 0 Å². The molecule has 6 heteroatoms. The SMILES string of the molecule is CN=C(NCc1nccn1CC(C)C)N1CCN(Cc2ccccc2)CC1. The second-order valence-electron chi connectivity index (χ2n) is 7.54. The number of imidazole rings is 1. The molecule has 0 spiro atoms. The maximum Gasteiger partial charge on any atom is 0.194 e. The quantitative estimate of drug-likeness (QED) is 0.628. The molecule has 0 amide bonds. The van der Waals surface area contributed by atoms with E-state index in [0.717, 1.165) is 51.1 Å². The number of hydrogen-bond donors (Lipinski definition) is 1. The zero-order chi connectivity index (χ0) is 19.1. The highest BCUT2D eigenvalue weighted by atomic mass is 15.3. The normalized spacial score (nSPS) is 16.1. The Kier molecular flexibility index (Phi) is 6.87. The molecular weight excluding hydrogens is 336 g/mol. The van der Waals surface area contributed by atoms with E-state index in [2.05, 4.69) is 80.0 Å². The third kappa shape index (κ3) is 5.57. The lowest BCUT2D eigenvalue weighted by atomic mass is 10.2. The molecule has 0 unspecified atom stereocenters. The van der Waals surface area contributed by atoms with E-state index in [1.807, 2.05) is 13.2 Å². The second kappa shape index (κ2) is 9.55. The maximum atomic E-state index is 4.50. The molecule has 1 saturated heterocycles. The summed E-state index contributed by atoms with van der Waals surface area (Å²) >= 11 is 0. The maximum absolute atomic E-state index is 4.50. The van der Waals surface area contributed by atoms with Crippen LogP contribution < -0.4 is 5.32 Å². The van der Waals surface area contributed by atoms with E-state index in [-0.39, 0.29) is 0 Å². The fourth-order valence-corrected chi connectivity index (χ4v) is 3.52. The number of piperazine rings is 1. The van der Waals surface area contributed by atoms with E-state index in [0.29, 0.717) is 12.5 Å². The van der Waals surface area contributed by atoms with E-state index in [1.54, 1.807) is 0 Å². The molecule has 27 heavy (non-hydrogen) atoms. The third-order valence-corrected chi connectivity index (χ3v) is 4.90. The monoisotopic (exact) mass is 368 g/mol. The molecule has 1 aromatic heterocycles. The number of aromatic nitrogens is 2. The Morgan fingerprint density at radius 1 is 1.15 bits per heavy atom. The molecule has 0 bridgehead atoms. The highest BCUT2D eigenvalue weighted by Crippen LogP contribution is 2.09. The van der Waals surface area contributed by atoms with Gasteiger partial charge in [-0.25, -0.2) is 4.98 Å². The van der Waals surface area contributed by atoms with Crippen molar-refractivity contribution < 1.29 is 0 Å². The van der Waals surface area contributed by atoms with E-state index >= 15 is 0 Å². The minimum Gasteiger partial charge on any atom is -0.349 e. The lowest BCUT2D eigenvalue weighted by molar-refractivity contribution is 0.172. The lowest BCUT2D eigenvalue weighted by Crippen LogP contribution is -2.52. The van der Waals surface area contributed by atoms with E-state index in [4.69, 9.17) is 0 Å². The molecule has 1 aliphatic rings. The summed E-state index contributed by atoms with van der Waals surface area (Å²) in [5, 5.41) is 3.49. The van der Waals surface area contributed by atoms with Gasteiger partial charge in [-0.05, 0) is 11.5 Å². The molecule has 0 radical (unpaired) electrons. The van der Waals surface area contributed by atoms with Gasteiger partial charge >= 0.3 is 0 Å². The molecule has 2 aromatic rings. The number of benzene rings is 1. The fourth-order valence-electron chi connectivity index (χ4n) is 3.52. The van der Waals surface area contributed by atoms with Crippen molar-refractivity contribution in [2.45, 2.75) is 33.5 Å². The van der Waals surface area contributed by atoms with Crippen LogP contribution in [0.3, 0.4) is 0 Å². The molecule has 2 heterocycles. The topological polar surface area (TPSA) is 48.7 Å². The predicted octanol–water partition coefficient (Wildman–Crippen LogP) is 2.43. The Morgan fingerprint density at radius 3 is 2.56 bits per heavy atom. The van der Waals surface area contributed by atoms with Gasteiger partial charge in [-0.1, -0.05) is 44.2 Å². The smallest absolute Gasteiger partial charge is 0.194 e. The minimum atomic E-state index is 0.606. The van der Waals surface area contributed by atoms with Gasteiger partial charge in [0, 0.05) is 58.7 Å². The van der Waals surface area contributed by atoms with Crippen LogP contribution in [0, 0.1) is 5.92 Å². The molecule has 1 aliphatic heterocycles. The highest BCUT2D eigenvalue weighted by Gasteiger charge is 2.20. The van der Waals surface area contributed by atoms with Crippen molar-refractivity contribution in [3.63, 3.8) is 0 Å². The average molecular weight is 369 g/mol. The molecule has 1 fully saturated rings. The van der Waals surface area contributed by atoms with Crippen molar-refractivity contribution in [3.8, 4) is 0 Å². The summed E-state index contributed by atoms with van der Waals surface area (Å²) in [5.74, 6) is 2.64. The lowest BCUT2D eigenvalue weighted by Gasteiger charge is -2.36. The van der Waals surface area contributed by atoms with Crippen LogP contribution in [0.1, 0.15) is 25.2 Å². The summed E-state index contributed by atoms with van der Waals surface area (Å²) in [5.41, 5.74) is 1.38. The molecular formula is C21H32N6. The molecule has 3 rings (SSSR count). The molecule has 0 aliphatic carbocycles. The summed E-state index contributed by atoms with van der Waals surface area (Å²) in [7, 11) is 1.86. The molecule has 0 atom stereocenters. The fraction of sp³-hybridized carbons (Fsp3) is 0.524. The molecule has 0 saturated carbocycles. The Hall–Kier alpha value is -2.34. The first-order valence-electron chi connectivity index (χ1n) is 9.87. The van der Waals surface area contributed by atoms with Gasteiger partial charge in [-0.3, -0.25) is 9.89 Å². The van der Waals surface area contributed by atoms with Crippen molar-refractivity contribution >= 4 is 5.96 Å². The zero-order valence-electron chi connectivity index (χ0n) is 16.8. The Bertz CT molecular complexity index is 713. The average Bonchev–Trinajstić information content (AvgIpc) is 3.10. The van der Waals surface area contributed by atoms with Crippen LogP contribution in [-0.2, 0) is 19.6 Å². The third-order valence-electron chi connectivity index (χ3n) is 4.90. The van der Waals surface area contributed by atoms with Crippen LogP contribution in [0.15, 0.2) is 47.7 Å². The van der Waals surface area contributed by atoms with Crippen molar-refractivity contribution in [2.24, 2.45) is 10.9 Å². The molecule has 1 aromatic carbocycles. The van der Waals surface area contributed by atoms with Gasteiger partial charge in [0.05, 0.1) is 6.54 Å². The predicted molar refractivity (Wildman–Crippen MR) is 111 cm³/mol. The van der Waals surface area contributed by atoms with Gasteiger partial charge in [0.1, 0.15) is 5.82 Å². The van der Waals surface area contributed by atoms with Gasteiger partial charge in [0.2, 0.25) is 0 Å². The van der Waals surface area contributed by atoms with Crippen LogP contribution in [0.5, 0.6) is 0 Å². The van der Waals surface area contributed by atoms with Gasteiger partial charge in [-0.2, -0.15) is 0 Å². The summed E-state index contributed by atoms with van der Waals surface area (Å²) in [6.07, 6.45) is 3.94. The standard InChI is InChI=1S/C21H32N6/c1-18(2)16-27-10-9-23-20(27)15-24-21(22-3)26-13-11-25(12-14-26)17-19-7-5-4-6-8-19/h4-10,18H,11-17H2,1-3H3,(H,22,24). The Balaban J connectivity index is 1.49. The van der Waals surface area contributed by atoms with E-state index in [9.17, 15) is 0 Å². The van der Waals surface area contributed by atoms with Gasteiger partial charge in [-0.15, -0.1) is 0 Å². The molecule has 146 valence electrons. The number of nitrogens with zero attached hydrogens (tertiary/aromatic N) is 5. The summed E-state index contributed by atoms with van der Waals surface area (Å²) < 4.78 is 2.22. The molecule has 6 nitrogen and oxygen atoms in total. The number of aliphatic imine (C=N–C) groups is 1. The van der Waals surface area contributed by atoms with Crippen molar-refractivity contribution in [1.29, 1.82) is 0 Å². The van der Waals surface area contributed by atoms with Crippen LogP contribution in [0.25, 0.3) is 0 Å². The number of rotatable bonds is 6. The zero-order valence-corrected chi connectivity index (χ0v) is 16.8. The first kappa shape index (κ1) is 19.4.